The van der Waals surface area contributed by atoms with Gasteiger partial charge in [0.15, 0.2) is 0 Å². The summed E-state index contributed by atoms with van der Waals surface area (Å²) in [6.07, 6.45) is 2.61. The van der Waals surface area contributed by atoms with Gasteiger partial charge in [0.1, 0.15) is 0 Å². The molecule has 0 saturated heterocycles. The molecule has 0 aliphatic heterocycles. The summed E-state index contributed by atoms with van der Waals surface area (Å²) in [7, 11) is 0. The average Bonchev–Trinajstić information content (AvgIpc) is 2.52. The lowest BCUT2D eigenvalue weighted by atomic mass is 10.0. The Hall–Kier alpha value is -2.60. The number of likely N-dealkylation sites (N-methyl/N-ethyl adjacent to an activating group) is 1. The number of nitrogens with one attached hydrogen (secondary N) is 1. The number of hydrogen-bond acceptors (Lipinski definition) is 6. The van der Waals surface area contributed by atoms with Crippen LogP contribution in [-0.2, 0) is 9.59 Å². The minimum absolute atomic E-state index is 0.0772. The van der Waals surface area contributed by atoms with E-state index < -0.39 is 0 Å². The lowest BCUT2D eigenvalue weighted by Gasteiger charge is -2.25. The van der Waals surface area contributed by atoms with Crippen molar-refractivity contribution in [2.24, 2.45) is 0 Å². The van der Waals surface area contributed by atoms with Crippen LogP contribution in [0.5, 0.6) is 0 Å². The van der Waals surface area contributed by atoms with Crippen LogP contribution in [-0.4, -0.2) is 41.3 Å². The Labute approximate surface area is 135 Å². The van der Waals surface area contributed by atoms with Crippen LogP contribution in [0.3, 0.4) is 0 Å². The van der Waals surface area contributed by atoms with Gasteiger partial charge in [-0.2, -0.15) is 0 Å². The molecule has 0 saturated carbocycles. The maximum atomic E-state index is 12.3. The second kappa shape index (κ2) is 7.11. The second-order valence-corrected chi connectivity index (χ2v) is 5.32. The van der Waals surface area contributed by atoms with Crippen molar-refractivity contribution in [1.82, 2.24) is 4.90 Å². The van der Waals surface area contributed by atoms with Gasteiger partial charge in [-0.05, 0) is 37.6 Å². The average molecular weight is 315 g/mol. The van der Waals surface area contributed by atoms with E-state index in [0.717, 1.165) is 5.56 Å². The SMILES string of the molecule is CCN(CCO)C1=CC(=O)C(Nc2ccc(N)c(C)c2)=CC1=O. The van der Waals surface area contributed by atoms with Crippen molar-refractivity contribution in [3.05, 3.63) is 47.3 Å². The molecule has 1 aliphatic carbocycles. The number of aliphatic hydroxyl groups excluding tert-OH is 1. The molecule has 6 heteroatoms. The molecule has 1 aromatic rings. The fraction of sp³-hybridized carbons (Fsp3) is 0.294. The molecule has 23 heavy (non-hydrogen) atoms. The maximum Gasteiger partial charge on any atom is 0.204 e. The van der Waals surface area contributed by atoms with Crippen LogP contribution >= 0.6 is 0 Å². The number of nitrogens with two attached hydrogens (primary N) is 1. The van der Waals surface area contributed by atoms with Crippen molar-refractivity contribution in [1.29, 1.82) is 0 Å². The smallest absolute Gasteiger partial charge is 0.204 e. The van der Waals surface area contributed by atoms with Crippen LogP contribution < -0.4 is 11.1 Å². The molecule has 0 atom stereocenters. The Morgan fingerprint density at radius 1 is 1.22 bits per heavy atom. The fourth-order valence-corrected chi connectivity index (χ4v) is 2.37. The number of anilines is 2. The van der Waals surface area contributed by atoms with E-state index in [-0.39, 0.29) is 23.9 Å². The predicted octanol–water partition coefficient (Wildman–Crippen LogP) is 1.22. The zero-order valence-corrected chi connectivity index (χ0v) is 13.3. The summed E-state index contributed by atoms with van der Waals surface area (Å²) in [5.41, 5.74) is 8.56. The summed E-state index contributed by atoms with van der Waals surface area (Å²) < 4.78 is 0. The molecular weight excluding hydrogens is 294 g/mol. The molecule has 6 nitrogen and oxygen atoms in total. The van der Waals surface area contributed by atoms with Gasteiger partial charge in [-0.25, -0.2) is 0 Å². The van der Waals surface area contributed by atoms with Gasteiger partial charge >= 0.3 is 0 Å². The minimum Gasteiger partial charge on any atom is -0.399 e. The van der Waals surface area contributed by atoms with Crippen molar-refractivity contribution in [3.63, 3.8) is 0 Å². The fourth-order valence-electron chi connectivity index (χ4n) is 2.37. The molecule has 4 N–H and O–H groups in total. The van der Waals surface area contributed by atoms with Crippen LogP contribution in [0, 0.1) is 6.92 Å². The van der Waals surface area contributed by atoms with Crippen molar-refractivity contribution in [2.45, 2.75) is 13.8 Å². The van der Waals surface area contributed by atoms with Crippen molar-refractivity contribution < 1.29 is 14.7 Å². The molecule has 0 fully saturated rings. The highest BCUT2D eigenvalue weighted by atomic mass is 16.3. The first-order valence-electron chi connectivity index (χ1n) is 7.47. The van der Waals surface area contributed by atoms with E-state index in [2.05, 4.69) is 5.32 Å². The van der Waals surface area contributed by atoms with E-state index in [1.54, 1.807) is 17.0 Å². The molecule has 0 aromatic heterocycles. The number of allylic oxidation sites excluding steroid dienone is 2. The summed E-state index contributed by atoms with van der Waals surface area (Å²) in [5, 5.41) is 12.0. The normalized spacial score (nSPS) is 14.4. The molecular formula is C17H21N3O3. The molecule has 0 amide bonds. The summed E-state index contributed by atoms with van der Waals surface area (Å²) in [6.45, 7) is 4.51. The number of nitrogens with zero attached hydrogens (tertiary/aromatic N) is 1. The molecule has 0 bridgehead atoms. The number of ketones is 2. The number of carbonyl (C=O) groups is 2. The Kier molecular flexibility index (Phi) is 5.18. The van der Waals surface area contributed by atoms with Gasteiger partial charge in [-0.1, -0.05) is 0 Å². The Bertz CT molecular complexity index is 692. The quantitative estimate of drug-likeness (QED) is 0.540. The van der Waals surface area contributed by atoms with Gasteiger partial charge in [-0.15, -0.1) is 0 Å². The van der Waals surface area contributed by atoms with Gasteiger partial charge < -0.3 is 21.1 Å². The predicted molar refractivity (Wildman–Crippen MR) is 89.7 cm³/mol. The number of carbonyl (C=O) groups excluding carboxylic acids is 2. The number of benzene rings is 1. The van der Waals surface area contributed by atoms with E-state index in [1.807, 2.05) is 19.9 Å². The van der Waals surface area contributed by atoms with Crippen LogP contribution in [0.25, 0.3) is 0 Å². The molecule has 2 rings (SSSR count). The van der Waals surface area contributed by atoms with Crippen molar-refractivity contribution in [2.75, 3.05) is 30.7 Å². The topological polar surface area (TPSA) is 95.7 Å². The highest BCUT2D eigenvalue weighted by Gasteiger charge is 2.23. The first-order valence-corrected chi connectivity index (χ1v) is 7.47. The molecule has 0 spiro atoms. The first kappa shape index (κ1) is 16.8. The largest absolute Gasteiger partial charge is 0.399 e. The summed E-state index contributed by atoms with van der Waals surface area (Å²) >= 11 is 0. The third kappa shape index (κ3) is 3.78. The highest BCUT2D eigenvalue weighted by Crippen LogP contribution is 2.21. The number of hydrogen-bond donors (Lipinski definition) is 3. The van der Waals surface area contributed by atoms with E-state index in [0.29, 0.717) is 30.2 Å². The van der Waals surface area contributed by atoms with Gasteiger partial charge in [0, 0.05) is 36.6 Å². The maximum absolute atomic E-state index is 12.3. The van der Waals surface area contributed by atoms with Crippen LogP contribution in [0.2, 0.25) is 0 Å². The zero-order chi connectivity index (χ0) is 17.0. The number of aryl methyl sites for hydroxylation is 1. The lowest BCUT2D eigenvalue weighted by molar-refractivity contribution is -0.116. The van der Waals surface area contributed by atoms with E-state index in [1.165, 1.54) is 12.2 Å². The van der Waals surface area contributed by atoms with Crippen LogP contribution in [0.1, 0.15) is 12.5 Å². The monoisotopic (exact) mass is 315 g/mol. The highest BCUT2D eigenvalue weighted by molar-refractivity contribution is 6.20. The third-order valence-corrected chi connectivity index (χ3v) is 3.70. The Morgan fingerprint density at radius 3 is 2.57 bits per heavy atom. The standard InChI is InChI=1S/C17H21N3O3/c1-3-20(6-7-21)15-10-16(22)14(9-17(15)23)19-12-4-5-13(18)11(2)8-12/h4-5,8-10,19,21H,3,6-7,18H2,1-2H3. The van der Waals surface area contributed by atoms with Gasteiger partial charge in [0.25, 0.3) is 0 Å². The summed E-state index contributed by atoms with van der Waals surface area (Å²) in [4.78, 5) is 26.2. The molecule has 0 unspecified atom stereocenters. The minimum atomic E-state index is -0.273. The molecule has 0 radical (unpaired) electrons. The van der Waals surface area contributed by atoms with Gasteiger partial charge in [0.2, 0.25) is 11.6 Å². The van der Waals surface area contributed by atoms with Crippen molar-refractivity contribution >= 4 is 22.9 Å². The van der Waals surface area contributed by atoms with E-state index in [4.69, 9.17) is 10.8 Å². The molecule has 1 aliphatic rings. The number of rotatable bonds is 6. The number of aliphatic hydroxyl groups is 1. The lowest BCUT2D eigenvalue weighted by Crippen LogP contribution is -2.33. The zero-order valence-electron chi connectivity index (χ0n) is 13.3. The second-order valence-electron chi connectivity index (χ2n) is 5.32. The van der Waals surface area contributed by atoms with E-state index >= 15 is 0 Å². The summed E-state index contributed by atoms with van der Waals surface area (Å²) in [6, 6.07) is 5.32. The number of nitrogen functional groups attached to an aromatic ring is 1. The Morgan fingerprint density at radius 2 is 1.96 bits per heavy atom. The van der Waals surface area contributed by atoms with Gasteiger partial charge in [0.05, 0.1) is 18.0 Å². The molecule has 122 valence electrons. The Balaban J connectivity index is 2.19. The molecule has 0 heterocycles. The van der Waals surface area contributed by atoms with E-state index in [9.17, 15) is 9.59 Å². The van der Waals surface area contributed by atoms with Crippen molar-refractivity contribution in [3.8, 4) is 0 Å². The molecule has 1 aromatic carbocycles. The first-order chi connectivity index (χ1) is 11.0. The van der Waals surface area contributed by atoms with Gasteiger partial charge in [-0.3, -0.25) is 9.59 Å². The van der Waals surface area contributed by atoms with Crippen LogP contribution in [0.4, 0.5) is 11.4 Å². The third-order valence-electron chi connectivity index (χ3n) is 3.70. The summed E-state index contributed by atoms with van der Waals surface area (Å²) in [5.74, 6) is -0.528. The van der Waals surface area contributed by atoms with Crippen LogP contribution in [0.15, 0.2) is 41.7 Å².